The second-order valence-corrected chi connectivity index (χ2v) is 4.31. The SMILES string of the molecule is Cc1nc2c(-c3cccc(C(F)(F)F)c3)cncn2n1. The molecule has 0 radical (unpaired) electrons. The monoisotopic (exact) mass is 278 g/mol. The summed E-state index contributed by atoms with van der Waals surface area (Å²) in [7, 11) is 0. The highest BCUT2D eigenvalue weighted by Crippen LogP contribution is 2.32. The molecule has 0 spiro atoms. The minimum atomic E-state index is -4.38. The Kier molecular flexibility index (Phi) is 2.70. The summed E-state index contributed by atoms with van der Waals surface area (Å²) >= 11 is 0. The van der Waals surface area contributed by atoms with Crippen molar-refractivity contribution in [3.63, 3.8) is 0 Å². The second kappa shape index (κ2) is 4.29. The van der Waals surface area contributed by atoms with Crippen LogP contribution in [0.2, 0.25) is 0 Å². The molecule has 0 amide bonds. The van der Waals surface area contributed by atoms with E-state index in [1.807, 2.05) is 0 Å². The fraction of sp³-hybridized carbons (Fsp3) is 0.154. The van der Waals surface area contributed by atoms with Gasteiger partial charge in [-0.25, -0.2) is 14.5 Å². The van der Waals surface area contributed by atoms with Crippen LogP contribution in [0.5, 0.6) is 0 Å². The highest BCUT2D eigenvalue weighted by Gasteiger charge is 2.30. The molecule has 0 atom stereocenters. The van der Waals surface area contributed by atoms with Crippen LogP contribution in [-0.4, -0.2) is 19.6 Å². The van der Waals surface area contributed by atoms with Crippen molar-refractivity contribution < 1.29 is 13.2 Å². The molecule has 0 aliphatic carbocycles. The van der Waals surface area contributed by atoms with Crippen molar-refractivity contribution in [2.75, 3.05) is 0 Å². The van der Waals surface area contributed by atoms with Gasteiger partial charge in [-0.2, -0.15) is 18.3 Å². The molecule has 3 rings (SSSR count). The van der Waals surface area contributed by atoms with E-state index in [2.05, 4.69) is 15.1 Å². The van der Waals surface area contributed by atoms with E-state index in [4.69, 9.17) is 0 Å². The lowest BCUT2D eigenvalue weighted by Crippen LogP contribution is -2.04. The standard InChI is InChI=1S/C13H9F3N4/c1-8-18-12-11(6-17-7-20(12)19-8)9-3-2-4-10(5-9)13(14,15)16/h2-7H,1H3. The Labute approximate surface area is 111 Å². The van der Waals surface area contributed by atoms with Gasteiger partial charge in [0.25, 0.3) is 0 Å². The number of aryl methyl sites for hydroxylation is 1. The zero-order valence-corrected chi connectivity index (χ0v) is 10.4. The quantitative estimate of drug-likeness (QED) is 0.687. The van der Waals surface area contributed by atoms with Gasteiger partial charge >= 0.3 is 6.18 Å². The summed E-state index contributed by atoms with van der Waals surface area (Å²) in [6, 6.07) is 5.08. The summed E-state index contributed by atoms with van der Waals surface area (Å²) in [5.41, 5.74) is 0.703. The van der Waals surface area contributed by atoms with E-state index in [0.29, 0.717) is 22.6 Å². The average molecular weight is 278 g/mol. The van der Waals surface area contributed by atoms with Gasteiger partial charge in [-0.3, -0.25) is 0 Å². The number of halogens is 3. The number of hydrogen-bond acceptors (Lipinski definition) is 3. The van der Waals surface area contributed by atoms with Crippen LogP contribution in [0.15, 0.2) is 36.8 Å². The predicted octanol–water partition coefficient (Wildman–Crippen LogP) is 3.12. The third-order valence-electron chi connectivity index (χ3n) is 2.86. The zero-order chi connectivity index (χ0) is 14.3. The summed E-state index contributed by atoms with van der Waals surface area (Å²) in [4.78, 5) is 8.19. The molecular weight excluding hydrogens is 269 g/mol. The Balaban J connectivity index is 2.21. The van der Waals surface area contributed by atoms with Crippen LogP contribution in [0.1, 0.15) is 11.4 Å². The summed E-state index contributed by atoms with van der Waals surface area (Å²) in [5, 5.41) is 4.09. The van der Waals surface area contributed by atoms with Gasteiger partial charge in [0.05, 0.1) is 5.56 Å². The molecule has 4 nitrogen and oxygen atoms in total. The molecule has 3 aromatic rings. The van der Waals surface area contributed by atoms with Crippen molar-refractivity contribution in [2.24, 2.45) is 0 Å². The van der Waals surface area contributed by atoms with Gasteiger partial charge in [0, 0.05) is 11.8 Å². The number of hydrogen-bond donors (Lipinski definition) is 0. The fourth-order valence-corrected chi connectivity index (χ4v) is 1.99. The van der Waals surface area contributed by atoms with Gasteiger partial charge in [-0.15, -0.1) is 0 Å². The Bertz CT molecular complexity index is 777. The highest BCUT2D eigenvalue weighted by atomic mass is 19.4. The third kappa shape index (κ3) is 2.11. The van der Waals surface area contributed by atoms with Crippen LogP contribution >= 0.6 is 0 Å². The van der Waals surface area contributed by atoms with Crippen molar-refractivity contribution >= 4 is 5.65 Å². The minimum absolute atomic E-state index is 0.408. The van der Waals surface area contributed by atoms with E-state index < -0.39 is 11.7 Å². The third-order valence-corrected chi connectivity index (χ3v) is 2.86. The van der Waals surface area contributed by atoms with Crippen LogP contribution in [0.4, 0.5) is 13.2 Å². The Morgan fingerprint density at radius 3 is 2.75 bits per heavy atom. The van der Waals surface area contributed by atoms with E-state index in [-0.39, 0.29) is 0 Å². The van der Waals surface area contributed by atoms with Crippen molar-refractivity contribution in [3.05, 3.63) is 48.2 Å². The van der Waals surface area contributed by atoms with E-state index >= 15 is 0 Å². The van der Waals surface area contributed by atoms with Crippen molar-refractivity contribution in [3.8, 4) is 11.1 Å². The maximum atomic E-state index is 12.8. The first-order chi connectivity index (χ1) is 9.45. The summed E-state index contributed by atoms with van der Waals surface area (Å²) in [6.07, 6.45) is -1.43. The van der Waals surface area contributed by atoms with Gasteiger partial charge in [-0.1, -0.05) is 12.1 Å². The average Bonchev–Trinajstić information content (AvgIpc) is 2.77. The Hall–Kier alpha value is -2.44. The molecule has 0 aliphatic heterocycles. The number of alkyl halides is 3. The van der Waals surface area contributed by atoms with Crippen molar-refractivity contribution in [1.29, 1.82) is 0 Å². The molecule has 0 aliphatic rings. The van der Waals surface area contributed by atoms with Crippen molar-refractivity contribution in [2.45, 2.75) is 13.1 Å². The van der Waals surface area contributed by atoms with Crippen LogP contribution in [-0.2, 0) is 6.18 Å². The lowest BCUT2D eigenvalue weighted by atomic mass is 10.1. The molecule has 7 heteroatoms. The number of aromatic nitrogens is 4. The normalized spacial score (nSPS) is 12.0. The summed E-state index contributed by atoms with van der Waals surface area (Å²) in [5.74, 6) is 0.534. The molecule has 20 heavy (non-hydrogen) atoms. The number of fused-ring (bicyclic) bond motifs is 1. The molecule has 2 heterocycles. The molecule has 0 saturated carbocycles. The Morgan fingerprint density at radius 2 is 2.00 bits per heavy atom. The van der Waals surface area contributed by atoms with Gasteiger partial charge in [0.15, 0.2) is 5.65 Å². The molecule has 102 valence electrons. The van der Waals surface area contributed by atoms with Crippen LogP contribution in [0.3, 0.4) is 0 Å². The first-order valence-corrected chi connectivity index (χ1v) is 5.80. The molecule has 0 fully saturated rings. The second-order valence-electron chi connectivity index (χ2n) is 4.31. The maximum absolute atomic E-state index is 12.8. The highest BCUT2D eigenvalue weighted by molar-refractivity contribution is 5.76. The Morgan fingerprint density at radius 1 is 1.20 bits per heavy atom. The van der Waals surface area contributed by atoms with Crippen LogP contribution < -0.4 is 0 Å². The molecule has 0 saturated heterocycles. The predicted molar refractivity (Wildman–Crippen MR) is 66.0 cm³/mol. The van der Waals surface area contributed by atoms with E-state index in [9.17, 15) is 13.2 Å². The lowest BCUT2D eigenvalue weighted by molar-refractivity contribution is -0.137. The van der Waals surface area contributed by atoms with Crippen LogP contribution in [0.25, 0.3) is 16.8 Å². The summed E-state index contributed by atoms with van der Waals surface area (Å²) in [6.45, 7) is 1.71. The van der Waals surface area contributed by atoms with Gasteiger partial charge in [-0.05, 0) is 24.6 Å². The molecule has 2 aromatic heterocycles. The van der Waals surface area contributed by atoms with E-state index in [1.165, 1.54) is 23.1 Å². The number of rotatable bonds is 1. The largest absolute Gasteiger partial charge is 0.416 e. The smallest absolute Gasteiger partial charge is 0.244 e. The molecular formula is C13H9F3N4. The van der Waals surface area contributed by atoms with Gasteiger partial charge in [0.2, 0.25) is 0 Å². The lowest BCUT2D eigenvalue weighted by Gasteiger charge is -2.08. The zero-order valence-electron chi connectivity index (χ0n) is 10.4. The van der Waals surface area contributed by atoms with E-state index in [1.54, 1.807) is 13.0 Å². The van der Waals surface area contributed by atoms with Gasteiger partial charge < -0.3 is 0 Å². The number of benzene rings is 1. The van der Waals surface area contributed by atoms with E-state index in [0.717, 1.165) is 12.1 Å². The first kappa shape index (κ1) is 12.6. The maximum Gasteiger partial charge on any atom is 0.416 e. The molecule has 0 unspecified atom stereocenters. The van der Waals surface area contributed by atoms with Crippen LogP contribution in [0, 0.1) is 6.92 Å². The van der Waals surface area contributed by atoms with Gasteiger partial charge in [0.1, 0.15) is 12.2 Å². The molecule has 1 aromatic carbocycles. The topological polar surface area (TPSA) is 43.1 Å². The molecule has 0 N–H and O–H groups in total. The minimum Gasteiger partial charge on any atom is -0.244 e. The summed E-state index contributed by atoms with van der Waals surface area (Å²) < 4.78 is 39.7. The van der Waals surface area contributed by atoms with Crippen molar-refractivity contribution in [1.82, 2.24) is 19.6 Å². The molecule has 0 bridgehead atoms. The fourth-order valence-electron chi connectivity index (χ4n) is 1.99. The number of nitrogens with zero attached hydrogens (tertiary/aromatic N) is 4. The first-order valence-electron chi connectivity index (χ1n) is 5.80.